The second kappa shape index (κ2) is 10.9. The molecule has 0 bridgehead atoms. The van der Waals surface area contributed by atoms with E-state index >= 15 is 0 Å². The van der Waals surface area contributed by atoms with E-state index in [4.69, 9.17) is 13.9 Å². The zero-order valence-electron chi connectivity index (χ0n) is 21.1. The highest BCUT2D eigenvalue weighted by Crippen LogP contribution is 2.33. The standard InChI is InChI=1S/C27H31N5O5/c1-35-20-7-8-22(24(16-20)36-2)23-9-10-25(29-28-23)30-11-13-31(14-12-30)26(33)18-32(27(34)19-5-6-19)17-21-4-3-15-37-21/h3-4,7-10,15-16,19H,5-6,11-14,17-18H2,1-2H3. The maximum absolute atomic E-state index is 13.1. The van der Waals surface area contributed by atoms with Gasteiger partial charge in [-0.05, 0) is 49.2 Å². The molecule has 1 aliphatic heterocycles. The third kappa shape index (κ3) is 5.68. The number of anilines is 1. The van der Waals surface area contributed by atoms with Crippen LogP contribution in [0.3, 0.4) is 0 Å². The number of benzene rings is 1. The predicted octanol–water partition coefficient (Wildman–Crippen LogP) is 2.84. The maximum atomic E-state index is 13.1. The van der Waals surface area contributed by atoms with Gasteiger partial charge in [0.15, 0.2) is 5.82 Å². The number of piperazine rings is 1. The van der Waals surface area contributed by atoms with Crippen molar-refractivity contribution in [1.29, 1.82) is 0 Å². The van der Waals surface area contributed by atoms with Gasteiger partial charge in [0.05, 0.1) is 32.7 Å². The van der Waals surface area contributed by atoms with Gasteiger partial charge in [-0.1, -0.05) is 0 Å². The van der Waals surface area contributed by atoms with Gasteiger partial charge in [-0.15, -0.1) is 10.2 Å². The van der Waals surface area contributed by atoms with E-state index < -0.39 is 0 Å². The van der Waals surface area contributed by atoms with Crippen molar-refractivity contribution in [3.05, 3.63) is 54.5 Å². The first-order valence-corrected chi connectivity index (χ1v) is 12.5. The number of amides is 2. The number of carbonyl (C=O) groups excluding carboxylic acids is 2. The molecule has 37 heavy (non-hydrogen) atoms. The normalized spacial score (nSPS) is 15.4. The molecule has 194 valence electrons. The van der Waals surface area contributed by atoms with E-state index in [9.17, 15) is 9.59 Å². The van der Waals surface area contributed by atoms with Crippen molar-refractivity contribution >= 4 is 17.6 Å². The van der Waals surface area contributed by atoms with E-state index in [2.05, 4.69) is 15.1 Å². The molecule has 3 heterocycles. The number of methoxy groups -OCH3 is 2. The van der Waals surface area contributed by atoms with Crippen LogP contribution in [-0.4, -0.2) is 78.8 Å². The summed E-state index contributed by atoms with van der Waals surface area (Å²) in [5, 5.41) is 8.84. The van der Waals surface area contributed by atoms with E-state index in [0.29, 0.717) is 55.7 Å². The fourth-order valence-corrected chi connectivity index (χ4v) is 4.49. The van der Waals surface area contributed by atoms with Crippen molar-refractivity contribution in [2.45, 2.75) is 19.4 Å². The van der Waals surface area contributed by atoms with Crippen molar-refractivity contribution in [2.75, 3.05) is 51.8 Å². The Morgan fingerprint density at radius 3 is 2.46 bits per heavy atom. The molecule has 2 aromatic heterocycles. The summed E-state index contributed by atoms with van der Waals surface area (Å²) in [5.41, 5.74) is 1.53. The Labute approximate surface area is 215 Å². The molecule has 10 nitrogen and oxygen atoms in total. The Morgan fingerprint density at radius 2 is 1.84 bits per heavy atom. The molecule has 0 spiro atoms. The summed E-state index contributed by atoms with van der Waals surface area (Å²) >= 11 is 0. The van der Waals surface area contributed by atoms with Crippen LogP contribution in [0.1, 0.15) is 18.6 Å². The van der Waals surface area contributed by atoms with Crippen LogP contribution < -0.4 is 14.4 Å². The van der Waals surface area contributed by atoms with Crippen LogP contribution in [0.5, 0.6) is 11.5 Å². The lowest BCUT2D eigenvalue weighted by molar-refractivity contribution is -0.142. The lowest BCUT2D eigenvalue weighted by atomic mass is 10.1. The zero-order valence-corrected chi connectivity index (χ0v) is 21.1. The molecule has 2 fully saturated rings. The van der Waals surface area contributed by atoms with Gasteiger partial charge in [0.2, 0.25) is 11.8 Å². The summed E-state index contributed by atoms with van der Waals surface area (Å²) in [6, 6.07) is 13.0. The summed E-state index contributed by atoms with van der Waals surface area (Å²) in [5.74, 6) is 2.83. The van der Waals surface area contributed by atoms with Crippen molar-refractivity contribution in [3.63, 3.8) is 0 Å². The number of ether oxygens (including phenoxy) is 2. The van der Waals surface area contributed by atoms with Crippen molar-refractivity contribution in [3.8, 4) is 22.8 Å². The second-order valence-electron chi connectivity index (χ2n) is 9.26. The van der Waals surface area contributed by atoms with Crippen molar-refractivity contribution in [2.24, 2.45) is 5.92 Å². The van der Waals surface area contributed by atoms with Crippen LogP contribution in [0.2, 0.25) is 0 Å². The minimum atomic E-state index is -0.0479. The molecule has 10 heteroatoms. The average Bonchev–Trinajstić information content (AvgIpc) is 3.68. The van der Waals surface area contributed by atoms with Gasteiger partial charge in [-0.3, -0.25) is 9.59 Å². The number of hydrogen-bond acceptors (Lipinski definition) is 8. The van der Waals surface area contributed by atoms with Gasteiger partial charge < -0.3 is 28.6 Å². The molecular formula is C27H31N5O5. The number of carbonyl (C=O) groups is 2. The molecule has 3 aromatic rings. The van der Waals surface area contributed by atoms with Crippen LogP contribution in [0, 0.1) is 5.92 Å². The Hall–Kier alpha value is -4.08. The van der Waals surface area contributed by atoms with Crippen LogP contribution in [0.15, 0.2) is 53.1 Å². The monoisotopic (exact) mass is 505 g/mol. The summed E-state index contributed by atoms with van der Waals surface area (Å²) in [6.45, 7) is 2.77. The van der Waals surface area contributed by atoms with Crippen LogP contribution in [0.4, 0.5) is 5.82 Å². The summed E-state index contributed by atoms with van der Waals surface area (Å²) in [4.78, 5) is 31.4. The van der Waals surface area contributed by atoms with Crippen molar-refractivity contribution < 1.29 is 23.5 Å². The second-order valence-corrected chi connectivity index (χ2v) is 9.26. The van der Waals surface area contributed by atoms with Gasteiger partial charge in [0.25, 0.3) is 0 Å². The third-order valence-corrected chi connectivity index (χ3v) is 6.78. The summed E-state index contributed by atoms with van der Waals surface area (Å²) in [6.07, 6.45) is 3.37. The molecule has 5 rings (SSSR count). The van der Waals surface area contributed by atoms with Gasteiger partial charge in [-0.25, -0.2) is 0 Å². The van der Waals surface area contributed by atoms with Crippen LogP contribution in [0.25, 0.3) is 11.3 Å². The first kappa shape index (κ1) is 24.6. The molecular weight excluding hydrogens is 474 g/mol. The third-order valence-electron chi connectivity index (χ3n) is 6.78. The Balaban J connectivity index is 1.18. The highest BCUT2D eigenvalue weighted by molar-refractivity contribution is 5.87. The molecule has 0 unspecified atom stereocenters. The zero-order chi connectivity index (χ0) is 25.8. The lowest BCUT2D eigenvalue weighted by Crippen LogP contribution is -2.52. The number of aromatic nitrogens is 2. The molecule has 0 atom stereocenters. The molecule has 1 saturated carbocycles. The topological polar surface area (TPSA) is 101 Å². The van der Waals surface area contributed by atoms with Crippen LogP contribution in [-0.2, 0) is 16.1 Å². The molecule has 0 N–H and O–H groups in total. The van der Waals surface area contributed by atoms with Gasteiger partial charge in [0, 0.05) is 43.7 Å². The SMILES string of the molecule is COc1ccc(-c2ccc(N3CCN(C(=O)CN(Cc4ccco4)C(=O)C4CC4)CC3)nn2)c(OC)c1. The van der Waals surface area contributed by atoms with Crippen molar-refractivity contribution in [1.82, 2.24) is 20.0 Å². The molecule has 1 aromatic carbocycles. The number of rotatable bonds is 9. The Morgan fingerprint density at radius 1 is 1.03 bits per heavy atom. The first-order valence-electron chi connectivity index (χ1n) is 12.5. The fourth-order valence-electron chi connectivity index (χ4n) is 4.49. The van der Waals surface area contributed by atoms with E-state index in [-0.39, 0.29) is 24.3 Å². The Bertz CT molecular complexity index is 1220. The molecule has 2 amide bonds. The molecule has 1 saturated heterocycles. The fraction of sp³-hybridized carbons (Fsp3) is 0.407. The van der Waals surface area contributed by atoms with E-state index in [1.54, 1.807) is 31.4 Å². The quantitative estimate of drug-likeness (QED) is 0.438. The first-order chi connectivity index (χ1) is 18.1. The molecule has 2 aliphatic rings. The van der Waals surface area contributed by atoms with E-state index in [1.807, 2.05) is 41.3 Å². The minimum absolute atomic E-state index is 0.0345. The molecule has 0 radical (unpaired) electrons. The van der Waals surface area contributed by atoms with E-state index in [0.717, 1.165) is 24.2 Å². The molecule has 1 aliphatic carbocycles. The van der Waals surface area contributed by atoms with Gasteiger partial charge in [0.1, 0.15) is 23.8 Å². The average molecular weight is 506 g/mol. The Kier molecular flexibility index (Phi) is 7.25. The predicted molar refractivity (Wildman–Crippen MR) is 136 cm³/mol. The highest BCUT2D eigenvalue weighted by atomic mass is 16.5. The smallest absolute Gasteiger partial charge is 0.242 e. The number of hydrogen-bond donors (Lipinski definition) is 0. The highest BCUT2D eigenvalue weighted by Gasteiger charge is 2.35. The maximum Gasteiger partial charge on any atom is 0.242 e. The lowest BCUT2D eigenvalue weighted by Gasteiger charge is -2.36. The van der Waals surface area contributed by atoms with Gasteiger partial charge in [-0.2, -0.15) is 0 Å². The summed E-state index contributed by atoms with van der Waals surface area (Å²) in [7, 11) is 3.22. The minimum Gasteiger partial charge on any atom is -0.497 e. The van der Waals surface area contributed by atoms with E-state index in [1.165, 1.54) is 0 Å². The summed E-state index contributed by atoms with van der Waals surface area (Å²) < 4.78 is 16.2. The van der Waals surface area contributed by atoms with Gasteiger partial charge >= 0.3 is 0 Å². The number of furan rings is 1. The number of nitrogens with zero attached hydrogens (tertiary/aromatic N) is 5. The van der Waals surface area contributed by atoms with Crippen LogP contribution >= 0.6 is 0 Å². The largest absolute Gasteiger partial charge is 0.497 e.